The average Bonchev–Trinajstić information content (AvgIpc) is 2.31. The second kappa shape index (κ2) is 5.98. The van der Waals surface area contributed by atoms with Crippen molar-refractivity contribution >= 4 is 20.7 Å². The number of fused-ring (bicyclic) bond motifs is 1. The van der Waals surface area contributed by atoms with Crippen LogP contribution >= 0.6 is 10.7 Å². The Morgan fingerprint density at radius 1 is 1.20 bits per heavy atom. The van der Waals surface area contributed by atoms with E-state index in [1.54, 1.807) is 18.2 Å². The van der Waals surface area contributed by atoms with Gasteiger partial charge in [-0.15, -0.1) is 0 Å². The van der Waals surface area contributed by atoms with Crippen LogP contribution < -0.4 is 9.47 Å². The molecule has 2 rings (SSSR count). The molecule has 3 nitrogen and oxygen atoms in total. The Balaban J connectivity index is 0.000000531. The Hall–Kier alpha value is -0.740. The standard InChI is InChI=1S/C8H7ClO3S.C2H6/c9-13(10)6-1-2-7-8(5-6)12-4-3-11-7;1-2/h1-2,5H,3-4H2;1-2H3. The van der Waals surface area contributed by atoms with E-state index in [1.807, 2.05) is 13.8 Å². The van der Waals surface area contributed by atoms with Gasteiger partial charge < -0.3 is 9.47 Å². The van der Waals surface area contributed by atoms with E-state index >= 15 is 0 Å². The fraction of sp³-hybridized carbons (Fsp3) is 0.400. The van der Waals surface area contributed by atoms with Crippen molar-refractivity contribution in [3.8, 4) is 11.5 Å². The Kier molecular flexibility index (Phi) is 4.91. The van der Waals surface area contributed by atoms with Crippen molar-refractivity contribution < 1.29 is 13.7 Å². The van der Waals surface area contributed by atoms with Gasteiger partial charge in [0.1, 0.15) is 23.2 Å². The van der Waals surface area contributed by atoms with E-state index in [0.717, 1.165) is 0 Å². The summed E-state index contributed by atoms with van der Waals surface area (Å²) in [5, 5.41) is 0. The Labute approximate surface area is 96.3 Å². The lowest BCUT2D eigenvalue weighted by atomic mass is 10.3. The quantitative estimate of drug-likeness (QED) is 0.717. The van der Waals surface area contributed by atoms with Crippen molar-refractivity contribution in [3.05, 3.63) is 18.2 Å². The SMILES string of the molecule is CC.O=S(Cl)c1ccc2c(c1)OCCO2. The van der Waals surface area contributed by atoms with Crippen molar-refractivity contribution in [1.82, 2.24) is 0 Å². The molecule has 0 radical (unpaired) electrons. The lowest BCUT2D eigenvalue weighted by Crippen LogP contribution is -2.15. The molecule has 0 fully saturated rings. The zero-order valence-corrected chi connectivity index (χ0v) is 10.2. The van der Waals surface area contributed by atoms with E-state index in [-0.39, 0.29) is 0 Å². The molecule has 1 heterocycles. The van der Waals surface area contributed by atoms with Crippen LogP contribution in [0.3, 0.4) is 0 Å². The fourth-order valence-corrected chi connectivity index (χ4v) is 1.79. The Morgan fingerprint density at radius 3 is 2.40 bits per heavy atom. The lowest BCUT2D eigenvalue weighted by molar-refractivity contribution is 0.171. The Morgan fingerprint density at radius 2 is 1.80 bits per heavy atom. The highest BCUT2D eigenvalue weighted by Gasteiger charge is 2.12. The third kappa shape index (κ3) is 3.11. The van der Waals surface area contributed by atoms with Crippen LogP contribution in [0.1, 0.15) is 13.8 Å². The Bertz CT molecular complexity index is 355. The molecule has 1 aliphatic rings. The first-order valence-corrected chi connectivity index (χ1v) is 6.72. The van der Waals surface area contributed by atoms with Crippen LogP contribution in [-0.4, -0.2) is 17.4 Å². The van der Waals surface area contributed by atoms with Crippen molar-refractivity contribution in [1.29, 1.82) is 0 Å². The summed E-state index contributed by atoms with van der Waals surface area (Å²) in [5.74, 6) is 1.29. The highest BCUT2D eigenvalue weighted by molar-refractivity contribution is 8.08. The molecule has 0 saturated carbocycles. The molecule has 1 aliphatic heterocycles. The minimum atomic E-state index is -1.49. The molecule has 84 valence electrons. The molecule has 1 aromatic carbocycles. The molecule has 0 bridgehead atoms. The highest BCUT2D eigenvalue weighted by Crippen LogP contribution is 2.32. The highest BCUT2D eigenvalue weighted by atomic mass is 35.7. The number of benzene rings is 1. The van der Waals surface area contributed by atoms with Crippen LogP contribution in [-0.2, 0) is 10.0 Å². The largest absolute Gasteiger partial charge is 0.486 e. The van der Waals surface area contributed by atoms with E-state index in [1.165, 1.54) is 0 Å². The average molecular weight is 249 g/mol. The monoisotopic (exact) mass is 248 g/mol. The minimum absolute atomic E-state index is 0.519. The van der Waals surface area contributed by atoms with Crippen molar-refractivity contribution in [2.24, 2.45) is 0 Å². The first-order chi connectivity index (χ1) is 7.27. The van der Waals surface area contributed by atoms with Gasteiger partial charge in [0, 0.05) is 6.07 Å². The first-order valence-electron chi connectivity index (χ1n) is 4.75. The molecule has 0 amide bonds. The van der Waals surface area contributed by atoms with E-state index in [0.29, 0.717) is 29.6 Å². The predicted octanol–water partition coefficient (Wildman–Crippen LogP) is 2.75. The number of rotatable bonds is 1. The zero-order valence-electron chi connectivity index (χ0n) is 8.66. The van der Waals surface area contributed by atoms with E-state index < -0.39 is 10.0 Å². The maximum Gasteiger partial charge on any atom is 0.162 e. The molecule has 1 unspecified atom stereocenters. The van der Waals surface area contributed by atoms with Gasteiger partial charge in [-0.25, -0.2) is 4.21 Å². The van der Waals surface area contributed by atoms with Crippen LogP contribution in [0.25, 0.3) is 0 Å². The maximum absolute atomic E-state index is 10.9. The lowest BCUT2D eigenvalue weighted by Gasteiger charge is -2.18. The van der Waals surface area contributed by atoms with Gasteiger partial charge in [-0.1, -0.05) is 13.8 Å². The smallest absolute Gasteiger partial charge is 0.162 e. The normalized spacial score (nSPS) is 14.9. The number of hydrogen-bond acceptors (Lipinski definition) is 3. The predicted molar refractivity (Wildman–Crippen MR) is 61.0 cm³/mol. The zero-order chi connectivity index (χ0) is 11.3. The van der Waals surface area contributed by atoms with E-state index in [2.05, 4.69) is 0 Å². The summed E-state index contributed by atoms with van der Waals surface area (Å²) in [6.07, 6.45) is 0. The molecule has 15 heavy (non-hydrogen) atoms. The van der Waals surface area contributed by atoms with Crippen molar-refractivity contribution in [2.45, 2.75) is 18.7 Å². The molecule has 0 saturated heterocycles. The molecule has 0 spiro atoms. The van der Waals surface area contributed by atoms with Gasteiger partial charge >= 0.3 is 0 Å². The van der Waals surface area contributed by atoms with Gasteiger partial charge in [0.2, 0.25) is 0 Å². The second-order valence-electron chi connectivity index (χ2n) is 2.53. The molecule has 0 aliphatic carbocycles. The molecular weight excluding hydrogens is 236 g/mol. The third-order valence-corrected chi connectivity index (χ3v) is 2.86. The van der Waals surface area contributed by atoms with Crippen LogP contribution in [0.2, 0.25) is 0 Å². The van der Waals surface area contributed by atoms with Crippen LogP contribution in [0.5, 0.6) is 11.5 Å². The van der Waals surface area contributed by atoms with Crippen molar-refractivity contribution in [3.63, 3.8) is 0 Å². The summed E-state index contributed by atoms with van der Waals surface area (Å²) in [6.45, 7) is 5.07. The topological polar surface area (TPSA) is 35.5 Å². The van der Waals surface area contributed by atoms with Gasteiger partial charge in [-0.05, 0) is 22.8 Å². The number of halogens is 1. The molecule has 1 aromatic rings. The summed E-state index contributed by atoms with van der Waals surface area (Å²) >= 11 is 0. The molecule has 0 aromatic heterocycles. The van der Waals surface area contributed by atoms with Crippen LogP contribution in [0, 0.1) is 0 Å². The van der Waals surface area contributed by atoms with Gasteiger partial charge in [0.25, 0.3) is 0 Å². The molecule has 1 atom stereocenters. The van der Waals surface area contributed by atoms with Crippen molar-refractivity contribution in [2.75, 3.05) is 13.2 Å². The van der Waals surface area contributed by atoms with Gasteiger partial charge in [-0.3, -0.25) is 0 Å². The summed E-state index contributed by atoms with van der Waals surface area (Å²) in [5.41, 5.74) is 0. The summed E-state index contributed by atoms with van der Waals surface area (Å²) in [6, 6.07) is 5.01. The van der Waals surface area contributed by atoms with Crippen LogP contribution in [0.4, 0.5) is 0 Å². The summed E-state index contributed by atoms with van der Waals surface area (Å²) in [7, 11) is 3.93. The maximum atomic E-state index is 10.9. The van der Waals surface area contributed by atoms with E-state index in [4.69, 9.17) is 20.2 Å². The third-order valence-electron chi connectivity index (χ3n) is 1.70. The summed E-state index contributed by atoms with van der Waals surface area (Å²) in [4.78, 5) is 0.533. The number of hydrogen-bond donors (Lipinski definition) is 0. The molecule has 0 N–H and O–H groups in total. The minimum Gasteiger partial charge on any atom is -0.486 e. The first kappa shape index (κ1) is 12.3. The fourth-order valence-electron chi connectivity index (χ4n) is 1.12. The second-order valence-corrected chi connectivity index (χ2v) is 4.29. The van der Waals surface area contributed by atoms with Gasteiger partial charge in [0.15, 0.2) is 11.5 Å². The number of ether oxygens (including phenoxy) is 2. The van der Waals surface area contributed by atoms with E-state index in [9.17, 15) is 4.21 Å². The van der Waals surface area contributed by atoms with Gasteiger partial charge in [0.05, 0.1) is 4.90 Å². The summed E-state index contributed by atoms with van der Waals surface area (Å²) < 4.78 is 21.5. The van der Waals surface area contributed by atoms with Crippen LogP contribution in [0.15, 0.2) is 23.1 Å². The molecule has 5 heteroatoms. The van der Waals surface area contributed by atoms with Gasteiger partial charge in [-0.2, -0.15) is 0 Å². The molecular formula is C10H13ClO3S.